The number of nitrogens with zero attached hydrogens (tertiary/aromatic N) is 1. The standard InChI is InChI=1S/C26H38N4O8S/c31-22-21-9-6-13-30(21)23(32)20(27-25(34)38-18-12-14-37-16-18)8-5-3-1-2-4-7-17-15-26(17,28-22)24(33)29-39(35,36)19-10-11-19/h4,7,17-21H,1-3,5-6,8-16H2,(H,27,34)(H,28,31)(H,29,33)/b7-4-/t17-,18+,20+,21+,26-/m1/s1. The summed E-state index contributed by atoms with van der Waals surface area (Å²) in [5.41, 5.74) is -1.36. The molecule has 0 aromatic carbocycles. The van der Waals surface area contributed by atoms with Crippen LogP contribution in [0.15, 0.2) is 12.2 Å². The largest absolute Gasteiger partial charge is 0.444 e. The van der Waals surface area contributed by atoms with Crippen LogP contribution in [0.5, 0.6) is 0 Å². The molecule has 0 unspecified atom stereocenters. The molecule has 0 spiro atoms. The smallest absolute Gasteiger partial charge is 0.408 e. The van der Waals surface area contributed by atoms with Crippen molar-refractivity contribution in [3.8, 4) is 0 Å². The van der Waals surface area contributed by atoms with Crippen molar-refractivity contribution in [2.24, 2.45) is 5.92 Å². The summed E-state index contributed by atoms with van der Waals surface area (Å²) >= 11 is 0. The number of nitrogens with one attached hydrogen (secondary N) is 3. The number of fused-ring (bicyclic) bond motifs is 2. The van der Waals surface area contributed by atoms with Crippen LogP contribution in [-0.4, -0.2) is 85.9 Å². The van der Waals surface area contributed by atoms with Gasteiger partial charge in [0.1, 0.15) is 23.7 Å². The van der Waals surface area contributed by atoms with Crippen molar-refractivity contribution in [2.75, 3.05) is 19.8 Å². The van der Waals surface area contributed by atoms with E-state index in [4.69, 9.17) is 9.47 Å². The maximum atomic E-state index is 13.6. The van der Waals surface area contributed by atoms with Crippen LogP contribution in [0.25, 0.3) is 0 Å². The van der Waals surface area contributed by atoms with Gasteiger partial charge in [0.15, 0.2) is 0 Å². The molecule has 3 N–H and O–H groups in total. The van der Waals surface area contributed by atoms with Gasteiger partial charge in [-0.15, -0.1) is 0 Å². The van der Waals surface area contributed by atoms with Crippen LogP contribution in [-0.2, 0) is 33.9 Å². The number of alkyl carbamates (subject to hydrolysis) is 1. The second kappa shape index (κ2) is 11.4. The number of carbonyl (C=O) groups is 4. The highest BCUT2D eigenvalue weighted by molar-refractivity contribution is 7.91. The number of hydrogen-bond donors (Lipinski definition) is 3. The summed E-state index contributed by atoms with van der Waals surface area (Å²) in [5, 5.41) is 4.98. The Morgan fingerprint density at radius 3 is 2.64 bits per heavy atom. The predicted molar refractivity (Wildman–Crippen MR) is 139 cm³/mol. The van der Waals surface area contributed by atoms with Crippen LogP contribution in [0.1, 0.15) is 70.6 Å². The lowest BCUT2D eigenvalue weighted by Gasteiger charge is -2.30. The molecular formula is C26H38N4O8S. The molecule has 13 heteroatoms. The molecule has 5 atom stereocenters. The molecule has 0 radical (unpaired) electrons. The van der Waals surface area contributed by atoms with E-state index in [2.05, 4.69) is 15.4 Å². The molecule has 0 aromatic rings. The maximum Gasteiger partial charge on any atom is 0.408 e. The minimum Gasteiger partial charge on any atom is -0.444 e. The summed E-state index contributed by atoms with van der Waals surface area (Å²) in [6.45, 7) is 1.19. The molecule has 3 heterocycles. The molecule has 2 saturated carbocycles. The summed E-state index contributed by atoms with van der Waals surface area (Å²) in [7, 11) is -3.78. The van der Waals surface area contributed by atoms with Crippen LogP contribution < -0.4 is 15.4 Å². The Morgan fingerprint density at radius 1 is 1.08 bits per heavy atom. The van der Waals surface area contributed by atoms with Gasteiger partial charge in [-0.05, 0) is 51.4 Å². The molecule has 5 rings (SSSR count). The van der Waals surface area contributed by atoms with E-state index in [1.54, 1.807) is 0 Å². The first-order valence-electron chi connectivity index (χ1n) is 14.1. The van der Waals surface area contributed by atoms with Crippen molar-refractivity contribution in [1.29, 1.82) is 0 Å². The minimum absolute atomic E-state index is 0.294. The predicted octanol–water partition coefficient (Wildman–Crippen LogP) is 0.865. The van der Waals surface area contributed by atoms with Crippen molar-refractivity contribution < 1.29 is 37.1 Å². The van der Waals surface area contributed by atoms with Gasteiger partial charge in [0.05, 0.1) is 18.5 Å². The van der Waals surface area contributed by atoms with Gasteiger partial charge in [0, 0.05) is 18.9 Å². The van der Waals surface area contributed by atoms with E-state index < -0.39 is 50.8 Å². The molecule has 39 heavy (non-hydrogen) atoms. The number of rotatable bonds is 5. The molecule has 216 valence electrons. The fourth-order valence-electron chi connectivity index (χ4n) is 5.71. The van der Waals surface area contributed by atoms with E-state index in [0.29, 0.717) is 71.1 Å². The van der Waals surface area contributed by atoms with Crippen LogP contribution in [0.2, 0.25) is 0 Å². The highest BCUT2D eigenvalue weighted by Crippen LogP contribution is 2.46. The van der Waals surface area contributed by atoms with Gasteiger partial charge in [-0.3, -0.25) is 19.1 Å². The molecule has 3 aliphatic heterocycles. The van der Waals surface area contributed by atoms with Crippen LogP contribution in [0.4, 0.5) is 4.79 Å². The molecule has 2 aliphatic carbocycles. The fourth-order valence-corrected chi connectivity index (χ4v) is 7.07. The first-order chi connectivity index (χ1) is 18.7. The highest BCUT2D eigenvalue weighted by atomic mass is 32.2. The molecular weight excluding hydrogens is 528 g/mol. The molecule has 0 bridgehead atoms. The summed E-state index contributed by atoms with van der Waals surface area (Å²) in [4.78, 5) is 54.4. The highest BCUT2D eigenvalue weighted by Gasteiger charge is 2.61. The summed E-state index contributed by atoms with van der Waals surface area (Å²) in [5.74, 6) is -1.90. The first kappa shape index (κ1) is 27.9. The van der Waals surface area contributed by atoms with E-state index in [1.807, 2.05) is 12.2 Å². The number of allylic oxidation sites excluding steroid dienone is 1. The van der Waals surface area contributed by atoms with Gasteiger partial charge in [-0.2, -0.15) is 0 Å². The Kier molecular flexibility index (Phi) is 8.18. The van der Waals surface area contributed by atoms with E-state index in [1.165, 1.54) is 4.90 Å². The first-order valence-corrected chi connectivity index (χ1v) is 15.6. The molecule has 0 aromatic heterocycles. The van der Waals surface area contributed by atoms with Gasteiger partial charge in [-0.25, -0.2) is 13.2 Å². The number of sulfonamides is 1. The summed E-state index contributed by atoms with van der Waals surface area (Å²) < 4.78 is 37.8. The lowest BCUT2D eigenvalue weighted by atomic mass is 10.1. The zero-order chi connectivity index (χ0) is 27.6. The Balaban J connectivity index is 1.32. The molecule has 4 amide bonds. The average molecular weight is 567 g/mol. The lowest BCUT2D eigenvalue weighted by molar-refractivity contribution is -0.141. The number of ether oxygens (including phenoxy) is 2. The lowest BCUT2D eigenvalue weighted by Crippen LogP contribution is -2.58. The van der Waals surface area contributed by atoms with Crippen molar-refractivity contribution in [2.45, 2.75) is 99.6 Å². The Labute approximate surface area is 228 Å². The second-order valence-corrected chi connectivity index (χ2v) is 13.3. The van der Waals surface area contributed by atoms with Crippen molar-refractivity contribution >= 4 is 33.8 Å². The van der Waals surface area contributed by atoms with Crippen molar-refractivity contribution in [1.82, 2.24) is 20.3 Å². The third-order valence-electron chi connectivity index (χ3n) is 8.29. The van der Waals surface area contributed by atoms with Gasteiger partial charge < -0.3 is 25.0 Å². The zero-order valence-electron chi connectivity index (χ0n) is 22.1. The van der Waals surface area contributed by atoms with Gasteiger partial charge in [0.2, 0.25) is 21.8 Å². The number of carbonyl (C=O) groups excluding carboxylic acids is 4. The fraction of sp³-hybridized carbons (Fsp3) is 0.769. The topological polar surface area (TPSA) is 160 Å². The van der Waals surface area contributed by atoms with Crippen molar-refractivity contribution in [3.63, 3.8) is 0 Å². The van der Waals surface area contributed by atoms with E-state index >= 15 is 0 Å². The summed E-state index contributed by atoms with van der Waals surface area (Å²) in [6.07, 6.45) is 9.29. The summed E-state index contributed by atoms with van der Waals surface area (Å²) in [6, 6.07) is -1.66. The SMILES string of the molecule is O=C(N[C@H]1CCCCC/C=C\[C@@H]2C[C@@]2(C(=O)NS(=O)(=O)C2CC2)NC(=O)[C@@H]2CCCN2C1=O)O[C@H]1CCOC1. The number of hydrogen-bond acceptors (Lipinski definition) is 8. The molecule has 4 fully saturated rings. The molecule has 5 aliphatic rings. The maximum absolute atomic E-state index is 13.6. The van der Waals surface area contributed by atoms with Crippen LogP contribution in [0.3, 0.4) is 0 Å². The van der Waals surface area contributed by atoms with E-state index in [0.717, 1.165) is 19.3 Å². The van der Waals surface area contributed by atoms with E-state index in [-0.39, 0.29) is 17.9 Å². The average Bonchev–Trinajstić information content (AvgIpc) is 3.74. The van der Waals surface area contributed by atoms with Crippen molar-refractivity contribution in [3.05, 3.63) is 12.2 Å². The van der Waals surface area contributed by atoms with Gasteiger partial charge in [0.25, 0.3) is 5.91 Å². The van der Waals surface area contributed by atoms with Crippen LogP contribution in [0, 0.1) is 5.92 Å². The third kappa shape index (κ3) is 6.40. The molecule has 2 saturated heterocycles. The number of amides is 4. The van der Waals surface area contributed by atoms with Gasteiger partial charge >= 0.3 is 6.09 Å². The molecule has 12 nitrogen and oxygen atoms in total. The minimum atomic E-state index is -3.78. The monoisotopic (exact) mass is 566 g/mol. The quantitative estimate of drug-likeness (QED) is 0.413. The Hall–Kier alpha value is -2.67. The van der Waals surface area contributed by atoms with E-state index in [9.17, 15) is 27.6 Å². The Morgan fingerprint density at radius 2 is 1.90 bits per heavy atom. The normalized spacial score (nSPS) is 34.5. The Bertz CT molecular complexity index is 1120. The van der Waals surface area contributed by atoms with Crippen LogP contribution >= 0.6 is 0 Å². The second-order valence-electron chi connectivity index (χ2n) is 11.3. The van der Waals surface area contributed by atoms with Gasteiger partial charge in [-0.1, -0.05) is 25.0 Å². The zero-order valence-corrected chi connectivity index (χ0v) is 22.9. The third-order valence-corrected chi connectivity index (χ3v) is 10.1.